The third-order valence-electron chi connectivity index (χ3n) is 3.17. The monoisotopic (exact) mass is 252 g/mol. The molecule has 2 heterocycles. The Morgan fingerprint density at radius 3 is 2.74 bits per heavy atom. The van der Waals surface area contributed by atoms with Crippen LogP contribution in [0.2, 0.25) is 0 Å². The number of rotatable bonds is 1. The molecule has 0 unspecified atom stereocenters. The van der Waals surface area contributed by atoms with Crippen molar-refractivity contribution < 1.29 is 5.11 Å². The van der Waals surface area contributed by atoms with Crippen LogP contribution in [0.5, 0.6) is 5.75 Å². The minimum absolute atomic E-state index is 0.00421. The first-order chi connectivity index (χ1) is 9.18. The highest BCUT2D eigenvalue weighted by Crippen LogP contribution is 2.32. The summed E-state index contributed by atoms with van der Waals surface area (Å²) in [6.07, 6.45) is 1.66. The van der Waals surface area contributed by atoms with Crippen LogP contribution in [-0.2, 0) is 0 Å². The molecule has 2 N–H and O–H groups in total. The van der Waals surface area contributed by atoms with E-state index in [4.69, 9.17) is 0 Å². The van der Waals surface area contributed by atoms with Crippen molar-refractivity contribution in [1.29, 1.82) is 0 Å². The van der Waals surface area contributed by atoms with Gasteiger partial charge in [-0.15, -0.1) is 0 Å². The zero-order valence-electron chi connectivity index (χ0n) is 10.3. The average molecular weight is 252 g/mol. The number of nitrogens with one attached hydrogen (secondary N) is 1. The summed E-state index contributed by atoms with van der Waals surface area (Å²) in [7, 11) is 0. The Balaban J connectivity index is 2.43. The third-order valence-corrected chi connectivity index (χ3v) is 3.17. The smallest absolute Gasteiger partial charge is 0.260 e. The van der Waals surface area contributed by atoms with Crippen LogP contribution in [0.1, 0.15) is 5.69 Å². The molecule has 0 aliphatic heterocycles. The lowest BCUT2D eigenvalue weighted by Gasteiger charge is -2.09. The Bertz CT molecular complexity index is 822. The number of benzene rings is 1. The normalized spacial score (nSPS) is 10.8. The predicted octanol–water partition coefficient (Wildman–Crippen LogP) is 2.60. The van der Waals surface area contributed by atoms with Crippen LogP contribution >= 0.6 is 0 Å². The number of nitrogens with zero attached hydrogens (tertiary/aromatic N) is 1. The lowest BCUT2D eigenvalue weighted by atomic mass is 10.0. The van der Waals surface area contributed by atoms with Gasteiger partial charge in [-0.3, -0.25) is 9.78 Å². The fourth-order valence-electron chi connectivity index (χ4n) is 2.22. The van der Waals surface area contributed by atoms with E-state index in [0.717, 1.165) is 0 Å². The van der Waals surface area contributed by atoms with Gasteiger partial charge in [0.05, 0.1) is 11.1 Å². The molecule has 1 aromatic carbocycles. The quantitative estimate of drug-likeness (QED) is 0.699. The molecule has 0 amide bonds. The lowest BCUT2D eigenvalue weighted by molar-refractivity contribution is 0.482. The lowest BCUT2D eigenvalue weighted by Crippen LogP contribution is -2.10. The Morgan fingerprint density at radius 2 is 1.95 bits per heavy atom. The minimum atomic E-state index is -0.313. The Labute approximate surface area is 109 Å². The molecule has 0 aliphatic carbocycles. The van der Waals surface area contributed by atoms with Gasteiger partial charge in [0.25, 0.3) is 5.56 Å². The molecule has 0 spiro atoms. The highest BCUT2D eigenvalue weighted by atomic mass is 16.3. The van der Waals surface area contributed by atoms with Crippen LogP contribution in [0.25, 0.3) is 22.0 Å². The van der Waals surface area contributed by atoms with Gasteiger partial charge in [-0.05, 0) is 25.1 Å². The van der Waals surface area contributed by atoms with Crippen LogP contribution in [0.4, 0.5) is 0 Å². The number of aryl methyl sites for hydroxylation is 1. The SMILES string of the molecule is Cc1ncccc1-c1c(O)c2ccccc2[nH]c1=O. The van der Waals surface area contributed by atoms with E-state index in [-0.39, 0.29) is 16.9 Å². The molecule has 0 saturated heterocycles. The van der Waals surface area contributed by atoms with Crippen LogP contribution in [-0.4, -0.2) is 15.1 Å². The fraction of sp³-hybridized carbons (Fsp3) is 0.0667. The zero-order valence-corrected chi connectivity index (χ0v) is 10.3. The molecule has 19 heavy (non-hydrogen) atoms. The van der Waals surface area contributed by atoms with Crippen molar-refractivity contribution in [3.63, 3.8) is 0 Å². The molecule has 0 fully saturated rings. The maximum atomic E-state index is 12.2. The van der Waals surface area contributed by atoms with Gasteiger partial charge >= 0.3 is 0 Å². The van der Waals surface area contributed by atoms with Crippen molar-refractivity contribution in [2.45, 2.75) is 6.92 Å². The van der Waals surface area contributed by atoms with Crippen LogP contribution < -0.4 is 5.56 Å². The molecule has 0 aliphatic rings. The predicted molar refractivity (Wildman–Crippen MR) is 74.2 cm³/mol. The maximum Gasteiger partial charge on any atom is 0.260 e. The van der Waals surface area contributed by atoms with E-state index in [1.807, 2.05) is 19.1 Å². The van der Waals surface area contributed by atoms with Crippen molar-refractivity contribution >= 4 is 10.9 Å². The molecular formula is C15H12N2O2. The number of H-pyrrole nitrogens is 1. The average Bonchev–Trinajstić information content (AvgIpc) is 2.41. The first-order valence-corrected chi connectivity index (χ1v) is 5.94. The Kier molecular flexibility index (Phi) is 2.56. The van der Waals surface area contributed by atoms with Crippen LogP contribution in [0, 0.1) is 6.92 Å². The molecule has 3 rings (SSSR count). The molecular weight excluding hydrogens is 240 g/mol. The highest BCUT2D eigenvalue weighted by molar-refractivity contribution is 5.91. The Hall–Kier alpha value is -2.62. The number of pyridine rings is 2. The summed E-state index contributed by atoms with van der Waals surface area (Å²) in [4.78, 5) is 19.1. The van der Waals surface area contributed by atoms with E-state index in [0.29, 0.717) is 22.2 Å². The summed E-state index contributed by atoms with van der Waals surface area (Å²) in [6.45, 7) is 1.81. The van der Waals surface area contributed by atoms with Gasteiger partial charge in [-0.2, -0.15) is 0 Å². The summed E-state index contributed by atoms with van der Waals surface area (Å²) in [5.74, 6) is -0.00421. The fourth-order valence-corrected chi connectivity index (χ4v) is 2.22. The number of fused-ring (bicyclic) bond motifs is 1. The molecule has 4 heteroatoms. The largest absolute Gasteiger partial charge is 0.506 e. The van der Waals surface area contributed by atoms with Crippen LogP contribution in [0.3, 0.4) is 0 Å². The van der Waals surface area contributed by atoms with Crippen molar-refractivity contribution in [1.82, 2.24) is 9.97 Å². The summed E-state index contributed by atoms with van der Waals surface area (Å²) < 4.78 is 0. The van der Waals surface area contributed by atoms with Crippen molar-refractivity contribution in [3.05, 3.63) is 58.6 Å². The number of hydrogen-bond donors (Lipinski definition) is 2. The summed E-state index contributed by atoms with van der Waals surface area (Å²) in [6, 6.07) is 10.7. The van der Waals surface area contributed by atoms with Crippen molar-refractivity contribution in [3.8, 4) is 16.9 Å². The molecule has 0 bridgehead atoms. The summed E-state index contributed by atoms with van der Waals surface area (Å²) in [5, 5.41) is 11.0. The first kappa shape index (κ1) is 11.5. The van der Waals surface area contributed by atoms with Gasteiger partial charge in [0, 0.05) is 22.8 Å². The zero-order chi connectivity index (χ0) is 13.4. The highest BCUT2D eigenvalue weighted by Gasteiger charge is 2.15. The van der Waals surface area contributed by atoms with E-state index in [9.17, 15) is 9.90 Å². The van der Waals surface area contributed by atoms with Gasteiger partial charge in [-0.1, -0.05) is 18.2 Å². The van der Waals surface area contributed by atoms with Crippen molar-refractivity contribution in [2.75, 3.05) is 0 Å². The molecule has 0 radical (unpaired) electrons. The molecule has 2 aromatic heterocycles. The second kappa shape index (κ2) is 4.24. The Morgan fingerprint density at radius 1 is 1.16 bits per heavy atom. The molecule has 94 valence electrons. The van der Waals surface area contributed by atoms with E-state index in [2.05, 4.69) is 9.97 Å². The van der Waals surface area contributed by atoms with E-state index in [1.54, 1.807) is 30.5 Å². The van der Waals surface area contributed by atoms with Gasteiger partial charge in [-0.25, -0.2) is 0 Å². The van der Waals surface area contributed by atoms with Gasteiger partial charge in [0.15, 0.2) is 0 Å². The van der Waals surface area contributed by atoms with Gasteiger partial charge < -0.3 is 10.1 Å². The second-order valence-corrected chi connectivity index (χ2v) is 4.36. The molecule has 0 atom stereocenters. The van der Waals surface area contributed by atoms with Gasteiger partial charge in [0.2, 0.25) is 0 Å². The molecule has 0 saturated carbocycles. The number of aromatic nitrogens is 2. The standard InChI is InChI=1S/C15H12N2O2/c1-9-10(6-4-8-16-9)13-14(18)11-5-2-3-7-12(11)17-15(13)19/h2-8H,1H3,(H2,17,18,19). The van der Waals surface area contributed by atoms with Crippen molar-refractivity contribution in [2.24, 2.45) is 0 Å². The van der Waals surface area contributed by atoms with E-state index < -0.39 is 0 Å². The minimum Gasteiger partial charge on any atom is -0.506 e. The van der Waals surface area contributed by atoms with E-state index in [1.165, 1.54) is 0 Å². The molecule has 3 aromatic rings. The second-order valence-electron chi connectivity index (χ2n) is 4.36. The van der Waals surface area contributed by atoms with Crippen LogP contribution in [0.15, 0.2) is 47.4 Å². The number of aromatic amines is 1. The van der Waals surface area contributed by atoms with E-state index >= 15 is 0 Å². The number of aromatic hydroxyl groups is 1. The van der Waals surface area contributed by atoms with Gasteiger partial charge in [0.1, 0.15) is 5.75 Å². The third kappa shape index (κ3) is 1.78. The topological polar surface area (TPSA) is 66.0 Å². The maximum absolute atomic E-state index is 12.2. The summed E-state index contributed by atoms with van der Waals surface area (Å²) in [5.41, 5.74) is 1.93. The number of hydrogen-bond acceptors (Lipinski definition) is 3. The molecule has 4 nitrogen and oxygen atoms in total. The summed E-state index contributed by atoms with van der Waals surface area (Å²) >= 11 is 0. The number of para-hydroxylation sites is 1. The first-order valence-electron chi connectivity index (χ1n) is 5.94.